The minimum Gasteiger partial charge on any atom is -0.394 e. The predicted molar refractivity (Wildman–Crippen MR) is 74.9 cm³/mol. The van der Waals surface area contributed by atoms with E-state index in [1.165, 1.54) is 0 Å². The highest BCUT2D eigenvalue weighted by atomic mass is 32.2. The van der Waals surface area contributed by atoms with Gasteiger partial charge in [-0.15, -0.1) is 0 Å². The van der Waals surface area contributed by atoms with Gasteiger partial charge in [0.2, 0.25) is 10.0 Å². The summed E-state index contributed by atoms with van der Waals surface area (Å²) in [5, 5.41) is 0. The second kappa shape index (κ2) is 5.21. The Labute approximate surface area is 122 Å². The van der Waals surface area contributed by atoms with Crippen molar-refractivity contribution in [1.29, 1.82) is 0 Å². The maximum Gasteiger partial charge on any atom is 0.243 e. The Morgan fingerprint density at radius 1 is 1.19 bits per heavy atom. The van der Waals surface area contributed by atoms with Crippen LogP contribution in [0.5, 0.6) is 0 Å². The van der Waals surface area contributed by atoms with E-state index >= 15 is 0 Å². The topological polar surface area (TPSA) is 72.2 Å². The number of nitrogen functional groups attached to an aromatic ring is 1. The van der Waals surface area contributed by atoms with Crippen LogP contribution in [-0.2, 0) is 10.0 Å². The Kier molecular flexibility index (Phi) is 3.65. The first-order valence-corrected chi connectivity index (χ1v) is 8.61. The Balaban J connectivity index is 1.76. The number of hydrogen-bond donors (Lipinski definition) is 2. The van der Waals surface area contributed by atoms with E-state index in [0.717, 1.165) is 37.8 Å². The molecule has 1 aromatic rings. The third kappa shape index (κ3) is 3.03. The van der Waals surface area contributed by atoms with Gasteiger partial charge in [0.05, 0.1) is 0 Å². The Hall–Kier alpha value is -1.21. The molecule has 2 aliphatic rings. The molecule has 0 unspecified atom stereocenters. The molecule has 3 rings (SSSR count). The first-order valence-electron chi connectivity index (χ1n) is 7.13. The quantitative estimate of drug-likeness (QED) is 0.791. The summed E-state index contributed by atoms with van der Waals surface area (Å²) in [4.78, 5) is -0.591. The van der Waals surface area contributed by atoms with Crippen molar-refractivity contribution in [3.8, 4) is 0 Å². The molecule has 116 valence electrons. The normalized spacial score (nSPS) is 19.2. The zero-order valence-corrected chi connectivity index (χ0v) is 12.3. The Bertz CT molecular complexity index is 643. The van der Waals surface area contributed by atoms with Gasteiger partial charge in [0, 0.05) is 6.54 Å². The SMILES string of the molecule is Nc1c(F)ccc(S(=O)(=O)NCC(C2CC2)C2CC2)c1F. The monoisotopic (exact) mass is 316 g/mol. The van der Waals surface area contributed by atoms with Crippen molar-refractivity contribution in [3.63, 3.8) is 0 Å². The molecule has 4 nitrogen and oxygen atoms in total. The van der Waals surface area contributed by atoms with Crippen molar-refractivity contribution < 1.29 is 17.2 Å². The summed E-state index contributed by atoms with van der Waals surface area (Å²) in [5.74, 6) is -0.676. The Morgan fingerprint density at radius 3 is 2.29 bits per heavy atom. The van der Waals surface area contributed by atoms with Gasteiger partial charge in [-0.2, -0.15) is 0 Å². The number of sulfonamides is 1. The molecule has 3 N–H and O–H groups in total. The van der Waals surface area contributed by atoms with Gasteiger partial charge in [0.15, 0.2) is 5.82 Å². The summed E-state index contributed by atoms with van der Waals surface area (Å²) in [5.41, 5.74) is 4.44. The van der Waals surface area contributed by atoms with E-state index in [4.69, 9.17) is 5.73 Å². The molecule has 0 amide bonds. The van der Waals surface area contributed by atoms with Gasteiger partial charge in [0.1, 0.15) is 16.4 Å². The van der Waals surface area contributed by atoms with Gasteiger partial charge < -0.3 is 5.73 Å². The van der Waals surface area contributed by atoms with E-state index in [9.17, 15) is 17.2 Å². The second-order valence-corrected chi connectivity index (χ2v) is 7.70. The smallest absolute Gasteiger partial charge is 0.243 e. The molecule has 0 saturated heterocycles. The molecule has 0 atom stereocenters. The second-order valence-electron chi connectivity index (χ2n) is 5.96. The highest BCUT2D eigenvalue weighted by Crippen LogP contribution is 2.48. The van der Waals surface area contributed by atoms with E-state index in [0.29, 0.717) is 24.3 Å². The number of hydrogen-bond acceptors (Lipinski definition) is 3. The standard InChI is InChI=1S/C14H18F2N2O2S/c15-11-5-6-12(13(16)14(11)17)21(19,20)18-7-10(8-1-2-8)9-3-4-9/h5-6,8-10,18H,1-4,7,17H2. The van der Waals surface area contributed by atoms with E-state index in [2.05, 4.69) is 4.72 Å². The largest absolute Gasteiger partial charge is 0.394 e. The molecule has 0 radical (unpaired) electrons. The zero-order valence-electron chi connectivity index (χ0n) is 11.5. The molecule has 2 aliphatic carbocycles. The molecule has 1 aromatic carbocycles. The minimum absolute atomic E-state index is 0.314. The third-order valence-electron chi connectivity index (χ3n) is 4.34. The number of halogens is 2. The number of nitrogens with two attached hydrogens (primary N) is 1. The minimum atomic E-state index is -4.01. The van der Waals surface area contributed by atoms with E-state index in [-0.39, 0.29) is 0 Å². The fourth-order valence-electron chi connectivity index (χ4n) is 2.81. The van der Waals surface area contributed by atoms with Crippen LogP contribution in [0.15, 0.2) is 17.0 Å². The van der Waals surface area contributed by atoms with Crippen molar-refractivity contribution >= 4 is 15.7 Å². The number of nitrogens with one attached hydrogen (secondary N) is 1. The summed E-state index contributed by atoms with van der Waals surface area (Å²) >= 11 is 0. The molecule has 0 aromatic heterocycles. The van der Waals surface area contributed by atoms with Gasteiger partial charge in [0.25, 0.3) is 0 Å². The Morgan fingerprint density at radius 2 is 1.76 bits per heavy atom. The molecule has 0 heterocycles. The van der Waals surface area contributed by atoms with Gasteiger partial charge >= 0.3 is 0 Å². The average molecular weight is 316 g/mol. The maximum absolute atomic E-state index is 13.8. The van der Waals surface area contributed by atoms with Gasteiger partial charge in [-0.3, -0.25) is 0 Å². The maximum atomic E-state index is 13.8. The summed E-state index contributed by atoms with van der Waals surface area (Å²) in [6, 6.07) is 1.78. The van der Waals surface area contributed by atoms with Crippen molar-refractivity contribution in [1.82, 2.24) is 4.72 Å². The van der Waals surface area contributed by atoms with Crippen LogP contribution in [0.3, 0.4) is 0 Å². The molecule has 2 fully saturated rings. The summed E-state index contributed by atoms with van der Waals surface area (Å²) in [6.07, 6.45) is 4.56. The lowest BCUT2D eigenvalue weighted by molar-refractivity contribution is 0.401. The van der Waals surface area contributed by atoms with E-state index in [1.807, 2.05) is 0 Å². The highest BCUT2D eigenvalue weighted by Gasteiger charge is 2.41. The third-order valence-corrected chi connectivity index (χ3v) is 5.79. The molecular weight excluding hydrogens is 298 g/mol. The molecule has 0 spiro atoms. The van der Waals surface area contributed by atoms with Crippen LogP contribution in [0.2, 0.25) is 0 Å². The first kappa shape index (κ1) is 14.7. The van der Waals surface area contributed by atoms with Crippen LogP contribution in [0.4, 0.5) is 14.5 Å². The van der Waals surface area contributed by atoms with Crippen molar-refractivity contribution in [2.45, 2.75) is 30.6 Å². The van der Waals surface area contributed by atoms with Crippen LogP contribution in [0, 0.1) is 29.4 Å². The van der Waals surface area contributed by atoms with Crippen LogP contribution < -0.4 is 10.5 Å². The lowest BCUT2D eigenvalue weighted by atomic mass is 9.99. The molecule has 2 saturated carbocycles. The summed E-state index contributed by atoms with van der Waals surface area (Å²) < 4.78 is 53.8. The molecule has 0 bridgehead atoms. The number of benzene rings is 1. The van der Waals surface area contributed by atoms with Crippen LogP contribution in [0.25, 0.3) is 0 Å². The van der Waals surface area contributed by atoms with Gasteiger partial charge in [-0.05, 0) is 55.6 Å². The number of rotatable bonds is 6. The van der Waals surface area contributed by atoms with E-state index in [1.54, 1.807) is 0 Å². The molecule has 0 aliphatic heterocycles. The summed E-state index contributed by atoms with van der Waals surface area (Å²) in [6.45, 7) is 0.314. The predicted octanol–water partition coefficient (Wildman–Crippen LogP) is 2.26. The number of anilines is 1. The van der Waals surface area contributed by atoms with Gasteiger partial charge in [-0.25, -0.2) is 21.9 Å². The van der Waals surface area contributed by atoms with Crippen molar-refractivity contribution in [2.75, 3.05) is 12.3 Å². The molecular formula is C14H18F2N2O2S. The molecule has 21 heavy (non-hydrogen) atoms. The van der Waals surface area contributed by atoms with Crippen LogP contribution in [0.1, 0.15) is 25.7 Å². The fourth-order valence-corrected chi connectivity index (χ4v) is 3.97. The lowest BCUT2D eigenvalue weighted by Gasteiger charge is -2.16. The average Bonchev–Trinajstić information content (AvgIpc) is 3.28. The van der Waals surface area contributed by atoms with Crippen molar-refractivity contribution in [3.05, 3.63) is 23.8 Å². The van der Waals surface area contributed by atoms with E-state index < -0.39 is 32.2 Å². The fraction of sp³-hybridized carbons (Fsp3) is 0.571. The summed E-state index contributed by atoms with van der Waals surface area (Å²) in [7, 11) is -4.01. The first-order chi connectivity index (χ1) is 9.90. The van der Waals surface area contributed by atoms with Crippen LogP contribution >= 0.6 is 0 Å². The van der Waals surface area contributed by atoms with Crippen molar-refractivity contribution in [2.24, 2.45) is 17.8 Å². The van der Waals surface area contributed by atoms with Gasteiger partial charge in [-0.1, -0.05) is 0 Å². The highest BCUT2D eigenvalue weighted by molar-refractivity contribution is 7.89. The molecule has 7 heteroatoms. The lowest BCUT2D eigenvalue weighted by Crippen LogP contribution is -2.32. The van der Waals surface area contributed by atoms with Crippen LogP contribution in [-0.4, -0.2) is 15.0 Å². The zero-order chi connectivity index (χ0) is 15.2.